The number of H-pyrrole nitrogens is 1. The molecule has 162 valence electrons. The summed E-state index contributed by atoms with van der Waals surface area (Å²) in [5, 5.41) is 0.538. The molecule has 1 heterocycles. The minimum Gasteiger partial charge on any atom is -0.492 e. The third-order valence-corrected chi connectivity index (χ3v) is 5.28. The molecule has 4 rings (SSSR count). The molecule has 0 bridgehead atoms. The molecule has 0 fully saturated rings. The molecule has 0 unspecified atom stereocenters. The van der Waals surface area contributed by atoms with E-state index in [4.69, 9.17) is 4.74 Å². The normalized spacial score (nSPS) is 10.8. The Bertz CT molecular complexity index is 1270. The lowest BCUT2D eigenvalue weighted by Gasteiger charge is -2.21. The first-order valence-corrected chi connectivity index (χ1v) is 10.7. The van der Waals surface area contributed by atoms with E-state index in [1.165, 1.54) is 0 Å². The first kappa shape index (κ1) is 21.3. The molecule has 0 aliphatic carbocycles. The van der Waals surface area contributed by atoms with Gasteiger partial charge in [-0.3, -0.25) is 9.59 Å². The van der Waals surface area contributed by atoms with E-state index in [0.717, 1.165) is 16.9 Å². The van der Waals surface area contributed by atoms with Gasteiger partial charge in [0.2, 0.25) is 5.91 Å². The van der Waals surface area contributed by atoms with Crippen molar-refractivity contribution >= 4 is 16.8 Å². The van der Waals surface area contributed by atoms with Crippen LogP contribution in [-0.4, -0.2) is 33.9 Å². The van der Waals surface area contributed by atoms with E-state index in [1.807, 2.05) is 67.6 Å². The molecule has 6 heteroatoms. The Morgan fingerprint density at radius 1 is 0.969 bits per heavy atom. The summed E-state index contributed by atoms with van der Waals surface area (Å²) < 4.78 is 5.96. The van der Waals surface area contributed by atoms with Gasteiger partial charge in [0, 0.05) is 12.1 Å². The molecule has 0 saturated carbocycles. The van der Waals surface area contributed by atoms with E-state index >= 15 is 0 Å². The minimum atomic E-state index is -0.199. The molecule has 0 radical (unpaired) electrons. The number of ether oxygens (including phenoxy) is 1. The van der Waals surface area contributed by atoms with Crippen LogP contribution in [0.15, 0.2) is 83.7 Å². The number of para-hydroxylation sites is 2. The van der Waals surface area contributed by atoms with Crippen LogP contribution in [-0.2, 0) is 11.3 Å². The fraction of sp³-hybridized carbons (Fsp3) is 0.192. The van der Waals surface area contributed by atoms with Gasteiger partial charge < -0.3 is 14.6 Å². The van der Waals surface area contributed by atoms with Crippen molar-refractivity contribution in [2.75, 3.05) is 13.2 Å². The lowest BCUT2D eigenvalue weighted by atomic mass is 10.1. The molecule has 1 amide bonds. The first-order valence-electron chi connectivity index (χ1n) is 10.7. The third kappa shape index (κ3) is 4.86. The highest BCUT2D eigenvalue weighted by Gasteiger charge is 2.15. The molecule has 4 aromatic rings. The Labute approximate surface area is 186 Å². The summed E-state index contributed by atoms with van der Waals surface area (Å²) in [6.07, 6.45) is 0.231. The predicted octanol–water partition coefficient (Wildman–Crippen LogP) is 4.41. The summed E-state index contributed by atoms with van der Waals surface area (Å²) in [7, 11) is 0. The maximum atomic E-state index is 12.8. The molecule has 1 N–H and O–H groups in total. The van der Waals surface area contributed by atoms with E-state index in [1.54, 1.807) is 23.1 Å². The molecule has 1 aromatic heterocycles. The smallest absolute Gasteiger partial charge is 0.258 e. The minimum absolute atomic E-state index is 0.0551. The van der Waals surface area contributed by atoms with Crippen LogP contribution in [0.5, 0.6) is 5.75 Å². The van der Waals surface area contributed by atoms with Gasteiger partial charge in [0.05, 0.1) is 30.5 Å². The molecule has 3 aromatic carbocycles. The molecule has 0 atom stereocenters. The SMILES string of the molecule is CCN(Cc1nc2ccccc2c(=O)[nH]1)C(=O)CCOc1ccccc1-c1ccccc1. The van der Waals surface area contributed by atoms with Gasteiger partial charge in [0.15, 0.2) is 0 Å². The number of carbonyl (C=O) groups excluding carboxylic acids is 1. The van der Waals surface area contributed by atoms with Crippen molar-refractivity contribution in [3.63, 3.8) is 0 Å². The molecular weight excluding hydrogens is 402 g/mol. The van der Waals surface area contributed by atoms with Crippen molar-refractivity contribution in [3.05, 3.63) is 95.0 Å². The van der Waals surface area contributed by atoms with Gasteiger partial charge >= 0.3 is 0 Å². The van der Waals surface area contributed by atoms with Gasteiger partial charge in [-0.05, 0) is 30.7 Å². The summed E-state index contributed by atoms with van der Waals surface area (Å²) in [6, 6.07) is 25.0. The van der Waals surface area contributed by atoms with Crippen LogP contribution in [0.1, 0.15) is 19.2 Å². The number of benzene rings is 3. The number of fused-ring (bicyclic) bond motifs is 1. The van der Waals surface area contributed by atoms with Gasteiger partial charge in [-0.15, -0.1) is 0 Å². The molecular formula is C26H25N3O3. The van der Waals surface area contributed by atoms with E-state index < -0.39 is 0 Å². The van der Waals surface area contributed by atoms with Crippen molar-refractivity contribution in [1.82, 2.24) is 14.9 Å². The molecule has 0 spiro atoms. The average Bonchev–Trinajstić information content (AvgIpc) is 2.83. The second-order valence-corrected chi connectivity index (χ2v) is 7.40. The quantitative estimate of drug-likeness (QED) is 0.452. The topological polar surface area (TPSA) is 75.3 Å². The maximum absolute atomic E-state index is 12.8. The van der Waals surface area contributed by atoms with Crippen molar-refractivity contribution in [2.45, 2.75) is 19.9 Å². The van der Waals surface area contributed by atoms with Crippen LogP contribution in [0.25, 0.3) is 22.0 Å². The van der Waals surface area contributed by atoms with E-state index in [2.05, 4.69) is 9.97 Å². The Morgan fingerprint density at radius 3 is 2.50 bits per heavy atom. The number of nitrogens with one attached hydrogen (secondary N) is 1. The summed E-state index contributed by atoms with van der Waals surface area (Å²) in [5.74, 6) is 1.16. The van der Waals surface area contributed by atoms with Crippen molar-refractivity contribution < 1.29 is 9.53 Å². The van der Waals surface area contributed by atoms with Crippen molar-refractivity contribution in [2.24, 2.45) is 0 Å². The summed E-state index contributed by atoms with van der Waals surface area (Å²) in [5.41, 5.74) is 2.48. The van der Waals surface area contributed by atoms with Crippen molar-refractivity contribution in [1.29, 1.82) is 0 Å². The Balaban J connectivity index is 1.40. The van der Waals surface area contributed by atoms with Gasteiger partial charge in [-0.2, -0.15) is 0 Å². The standard InChI is InChI=1S/C26H25N3O3/c1-2-29(18-24-27-22-14-8-6-13-21(22)26(31)28-24)25(30)16-17-32-23-15-9-7-12-20(23)19-10-4-3-5-11-19/h3-15H,2,16-18H2,1H3,(H,27,28,31). The number of rotatable bonds is 8. The van der Waals surface area contributed by atoms with Gasteiger partial charge in [0.25, 0.3) is 5.56 Å². The summed E-state index contributed by atoms with van der Waals surface area (Å²) in [6.45, 7) is 2.93. The highest BCUT2D eigenvalue weighted by atomic mass is 16.5. The second kappa shape index (κ2) is 9.92. The van der Waals surface area contributed by atoms with Crippen LogP contribution in [0.3, 0.4) is 0 Å². The number of hydrogen-bond acceptors (Lipinski definition) is 4. The summed E-state index contributed by atoms with van der Waals surface area (Å²) in [4.78, 5) is 34.0. The lowest BCUT2D eigenvalue weighted by Crippen LogP contribution is -2.32. The second-order valence-electron chi connectivity index (χ2n) is 7.40. The van der Waals surface area contributed by atoms with Crippen LogP contribution < -0.4 is 10.3 Å². The monoisotopic (exact) mass is 427 g/mol. The summed E-state index contributed by atoms with van der Waals surface area (Å²) >= 11 is 0. The zero-order valence-electron chi connectivity index (χ0n) is 18.0. The third-order valence-electron chi connectivity index (χ3n) is 5.28. The number of carbonyl (C=O) groups is 1. The Morgan fingerprint density at radius 2 is 1.69 bits per heavy atom. The molecule has 0 saturated heterocycles. The van der Waals surface area contributed by atoms with Crippen LogP contribution in [0.4, 0.5) is 0 Å². The number of hydrogen-bond donors (Lipinski definition) is 1. The van der Waals surface area contributed by atoms with Crippen LogP contribution >= 0.6 is 0 Å². The van der Waals surface area contributed by atoms with Crippen LogP contribution in [0, 0.1) is 0 Å². The molecule has 6 nitrogen and oxygen atoms in total. The number of aromatic nitrogens is 2. The zero-order valence-corrected chi connectivity index (χ0v) is 18.0. The lowest BCUT2D eigenvalue weighted by molar-refractivity contribution is -0.132. The number of amides is 1. The zero-order chi connectivity index (χ0) is 22.3. The molecule has 0 aliphatic heterocycles. The Hall–Kier alpha value is -3.93. The Kier molecular flexibility index (Phi) is 6.60. The van der Waals surface area contributed by atoms with Gasteiger partial charge in [-0.1, -0.05) is 60.7 Å². The highest BCUT2D eigenvalue weighted by Crippen LogP contribution is 2.29. The maximum Gasteiger partial charge on any atom is 0.258 e. The fourth-order valence-electron chi connectivity index (χ4n) is 3.62. The average molecular weight is 428 g/mol. The van der Waals surface area contributed by atoms with Crippen molar-refractivity contribution in [3.8, 4) is 16.9 Å². The van der Waals surface area contributed by atoms with E-state index in [-0.39, 0.29) is 31.0 Å². The van der Waals surface area contributed by atoms with E-state index in [0.29, 0.717) is 23.3 Å². The van der Waals surface area contributed by atoms with Gasteiger partial charge in [-0.25, -0.2) is 4.98 Å². The molecule has 0 aliphatic rings. The predicted molar refractivity (Wildman–Crippen MR) is 125 cm³/mol. The molecule has 32 heavy (non-hydrogen) atoms. The fourth-order valence-corrected chi connectivity index (χ4v) is 3.62. The highest BCUT2D eigenvalue weighted by molar-refractivity contribution is 5.78. The van der Waals surface area contributed by atoms with Gasteiger partial charge in [0.1, 0.15) is 11.6 Å². The first-order chi connectivity index (χ1) is 15.7. The number of aromatic amines is 1. The largest absolute Gasteiger partial charge is 0.492 e. The van der Waals surface area contributed by atoms with E-state index in [9.17, 15) is 9.59 Å². The van der Waals surface area contributed by atoms with Crippen LogP contribution in [0.2, 0.25) is 0 Å². The number of nitrogens with zero attached hydrogens (tertiary/aromatic N) is 2.